The van der Waals surface area contributed by atoms with Crippen LogP contribution in [-0.4, -0.2) is 10.1 Å². The van der Waals surface area contributed by atoms with Gasteiger partial charge in [0.2, 0.25) is 5.89 Å². The topological polar surface area (TPSA) is 38.9 Å². The molecule has 1 saturated carbocycles. The molecule has 1 aromatic heterocycles. The van der Waals surface area contributed by atoms with Crippen molar-refractivity contribution in [2.24, 2.45) is 5.41 Å². The van der Waals surface area contributed by atoms with Crippen LogP contribution in [0.1, 0.15) is 57.2 Å². The van der Waals surface area contributed by atoms with E-state index >= 15 is 0 Å². The van der Waals surface area contributed by atoms with Crippen molar-refractivity contribution >= 4 is 11.6 Å². The second kappa shape index (κ2) is 4.12. The summed E-state index contributed by atoms with van der Waals surface area (Å²) >= 11 is 5.63. The van der Waals surface area contributed by atoms with Gasteiger partial charge in [-0.25, -0.2) is 0 Å². The molecule has 0 unspecified atom stereocenters. The molecule has 1 heterocycles. The molecule has 0 saturated heterocycles. The van der Waals surface area contributed by atoms with E-state index < -0.39 is 0 Å². The van der Waals surface area contributed by atoms with E-state index in [2.05, 4.69) is 24.0 Å². The van der Waals surface area contributed by atoms with Gasteiger partial charge in [0.05, 0.1) is 0 Å². The molecule has 1 aliphatic carbocycles. The molecule has 1 aromatic rings. The van der Waals surface area contributed by atoms with Crippen molar-refractivity contribution in [1.82, 2.24) is 10.1 Å². The van der Waals surface area contributed by atoms with Crippen LogP contribution in [0.5, 0.6) is 0 Å². The Morgan fingerprint density at radius 1 is 1.40 bits per heavy atom. The SMILES string of the molecule is CC1(C)CCC(c2noc(CCl)n2)CC1. The number of rotatable bonds is 2. The summed E-state index contributed by atoms with van der Waals surface area (Å²) in [6, 6.07) is 0. The van der Waals surface area contributed by atoms with Crippen LogP contribution in [0.15, 0.2) is 4.52 Å². The van der Waals surface area contributed by atoms with Crippen molar-refractivity contribution in [3.8, 4) is 0 Å². The minimum Gasteiger partial charge on any atom is -0.338 e. The Balaban J connectivity index is 2.01. The van der Waals surface area contributed by atoms with Gasteiger partial charge in [-0.3, -0.25) is 0 Å². The van der Waals surface area contributed by atoms with Crippen LogP contribution in [0.4, 0.5) is 0 Å². The number of aromatic nitrogens is 2. The van der Waals surface area contributed by atoms with Crippen molar-refractivity contribution in [1.29, 1.82) is 0 Å². The van der Waals surface area contributed by atoms with E-state index in [-0.39, 0.29) is 0 Å². The van der Waals surface area contributed by atoms with Gasteiger partial charge in [0.15, 0.2) is 5.82 Å². The van der Waals surface area contributed by atoms with Crippen LogP contribution in [0.25, 0.3) is 0 Å². The van der Waals surface area contributed by atoms with Gasteiger partial charge in [0.25, 0.3) is 0 Å². The van der Waals surface area contributed by atoms with Gasteiger partial charge in [-0.05, 0) is 31.1 Å². The lowest BCUT2D eigenvalue weighted by atomic mass is 9.73. The molecule has 1 aliphatic rings. The predicted octanol–water partition coefficient (Wildman–Crippen LogP) is 3.49. The Labute approximate surface area is 95.2 Å². The monoisotopic (exact) mass is 228 g/mol. The molecule has 0 radical (unpaired) electrons. The van der Waals surface area contributed by atoms with Crippen LogP contribution >= 0.6 is 11.6 Å². The predicted molar refractivity (Wildman–Crippen MR) is 58.8 cm³/mol. The van der Waals surface area contributed by atoms with Crippen molar-refractivity contribution in [2.75, 3.05) is 0 Å². The molecule has 2 rings (SSSR count). The fourth-order valence-electron chi connectivity index (χ4n) is 2.15. The van der Waals surface area contributed by atoms with Crippen LogP contribution in [0.2, 0.25) is 0 Å². The lowest BCUT2D eigenvalue weighted by Gasteiger charge is -2.32. The van der Waals surface area contributed by atoms with Crippen LogP contribution < -0.4 is 0 Å². The highest BCUT2D eigenvalue weighted by Crippen LogP contribution is 2.41. The van der Waals surface area contributed by atoms with Gasteiger partial charge in [-0.1, -0.05) is 19.0 Å². The van der Waals surface area contributed by atoms with E-state index in [1.54, 1.807) is 0 Å². The third-order valence-corrected chi connectivity index (χ3v) is 3.53. The van der Waals surface area contributed by atoms with E-state index in [9.17, 15) is 0 Å². The van der Waals surface area contributed by atoms with E-state index in [1.807, 2.05) is 0 Å². The number of hydrogen-bond donors (Lipinski definition) is 0. The summed E-state index contributed by atoms with van der Waals surface area (Å²) in [6.45, 7) is 4.65. The van der Waals surface area contributed by atoms with Gasteiger partial charge in [0, 0.05) is 5.92 Å². The molecule has 0 aliphatic heterocycles. The summed E-state index contributed by atoms with van der Waals surface area (Å²) in [7, 11) is 0. The standard InChI is InChI=1S/C11H17ClN2O/c1-11(2)5-3-8(4-6-11)10-13-9(7-12)15-14-10/h8H,3-7H2,1-2H3. The number of alkyl halides is 1. The number of hydrogen-bond acceptors (Lipinski definition) is 3. The molecule has 0 spiro atoms. The molecule has 0 aromatic carbocycles. The van der Waals surface area contributed by atoms with Crippen molar-refractivity contribution in [2.45, 2.75) is 51.3 Å². The summed E-state index contributed by atoms with van der Waals surface area (Å²) in [4.78, 5) is 4.29. The quantitative estimate of drug-likeness (QED) is 0.728. The number of halogens is 1. The fraction of sp³-hybridized carbons (Fsp3) is 0.818. The lowest BCUT2D eigenvalue weighted by Crippen LogP contribution is -2.20. The Bertz CT molecular complexity index is 325. The third-order valence-electron chi connectivity index (χ3n) is 3.30. The van der Waals surface area contributed by atoms with Gasteiger partial charge in [0.1, 0.15) is 5.88 Å². The number of nitrogens with zero attached hydrogens (tertiary/aromatic N) is 2. The van der Waals surface area contributed by atoms with Crippen LogP contribution in [-0.2, 0) is 5.88 Å². The molecular weight excluding hydrogens is 212 g/mol. The van der Waals surface area contributed by atoms with E-state index in [4.69, 9.17) is 16.1 Å². The first-order chi connectivity index (χ1) is 7.11. The second-order valence-electron chi connectivity index (χ2n) is 5.12. The molecular formula is C11H17ClN2O. The molecule has 0 atom stereocenters. The van der Waals surface area contributed by atoms with E-state index in [1.165, 1.54) is 12.8 Å². The maximum Gasteiger partial charge on any atom is 0.241 e. The molecule has 1 fully saturated rings. The molecule has 0 N–H and O–H groups in total. The summed E-state index contributed by atoms with van der Waals surface area (Å²) < 4.78 is 5.03. The maximum absolute atomic E-state index is 5.63. The highest BCUT2D eigenvalue weighted by Gasteiger charge is 2.29. The molecule has 4 heteroatoms. The largest absolute Gasteiger partial charge is 0.338 e. The Morgan fingerprint density at radius 3 is 2.60 bits per heavy atom. The van der Waals surface area contributed by atoms with Gasteiger partial charge < -0.3 is 4.52 Å². The van der Waals surface area contributed by atoms with Crippen LogP contribution in [0, 0.1) is 5.41 Å². The molecule has 3 nitrogen and oxygen atoms in total. The zero-order valence-corrected chi connectivity index (χ0v) is 10.0. The van der Waals surface area contributed by atoms with Gasteiger partial charge >= 0.3 is 0 Å². The summed E-state index contributed by atoms with van der Waals surface area (Å²) in [5.41, 5.74) is 0.482. The average molecular weight is 229 g/mol. The molecule has 15 heavy (non-hydrogen) atoms. The summed E-state index contributed by atoms with van der Waals surface area (Å²) in [6.07, 6.45) is 4.80. The fourth-order valence-corrected chi connectivity index (χ4v) is 2.25. The first kappa shape index (κ1) is 10.9. The minimum atomic E-state index is 0.311. The van der Waals surface area contributed by atoms with Gasteiger partial charge in [-0.2, -0.15) is 4.98 Å². The van der Waals surface area contributed by atoms with Crippen molar-refractivity contribution in [3.05, 3.63) is 11.7 Å². The van der Waals surface area contributed by atoms with Crippen molar-refractivity contribution in [3.63, 3.8) is 0 Å². The van der Waals surface area contributed by atoms with Crippen LogP contribution in [0.3, 0.4) is 0 Å². The second-order valence-corrected chi connectivity index (χ2v) is 5.39. The smallest absolute Gasteiger partial charge is 0.241 e. The van der Waals surface area contributed by atoms with E-state index in [0.29, 0.717) is 23.1 Å². The normalized spacial score (nSPS) is 21.8. The van der Waals surface area contributed by atoms with Gasteiger partial charge in [-0.15, -0.1) is 11.6 Å². The molecule has 84 valence electrons. The maximum atomic E-state index is 5.63. The molecule has 0 bridgehead atoms. The Hall–Kier alpha value is -0.570. The first-order valence-electron chi connectivity index (χ1n) is 5.49. The highest BCUT2D eigenvalue weighted by atomic mass is 35.5. The third kappa shape index (κ3) is 2.51. The molecule has 0 amide bonds. The summed E-state index contributed by atoms with van der Waals surface area (Å²) in [5, 5.41) is 3.99. The zero-order valence-electron chi connectivity index (χ0n) is 9.29. The summed E-state index contributed by atoms with van der Waals surface area (Å²) in [5.74, 6) is 2.17. The minimum absolute atomic E-state index is 0.311. The Morgan fingerprint density at radius 2 is 2.07 bits per heavy atom. The highest BCUT2D eigenvalue weighted by molar-refractivity contribution is 6.16. The van der Waals surface area contributed by atoms with Crippen molar-refractivity contribution < 1.29 is 4.52 Å². The zero-order chi connectivity index (χ0) is 10.9. The Kier molecular flexibility index (Phi) is 3.01. The average Bonchev–Trinajstić information content (AvgIpc) is 2.66. The first-order valence-corrected chi connectivity index (χ1v) is 6.03. The van der Waals surface area contributed by atoms with E-state index in [0.717, 1.165) is 18.7 Å². The lowest BCUT2D eigenvalue weighted by molar-refractivity contribution is 0.218.